The molecule has 2 N–H and O–H groups in total. The van der Waals surface area contributed by atoms with Crippen LogP contribution in [0.1, 0.15) is 13.8 Å². The summed E-state index contributed by atoms with van der Waals surface area (Å²) in [7, 11) is -5.14. The normalized spacial score (nSPS) is 12.2. The van der Waals surface area contributed by atoms with E-state index in [0.29, 0.717) is 0 Å². The van der Waals surface area contributed by atoms with Crippen molar-refractivity contribution in [2.75, 3.05) is 27.3 Å². The molecule has 0 aliphatic rings. The SMILES string of the molecule is CCNS(=O)(=O)c1cc(OC)c(S(=O)(=O)NCC)cc1OC. The third-order valence-corrected chi connectivity index (χ3v) is 5.83. The second-order valence-corrected chi connectivity index (χ2v) is 7.63. The molecule has 1 aromatic rings. The van der Waals surface area contributed by atoms with Crippen molar-refractivity contribution in [3.8, 4) is 11.5 Å². The largest absolute Gasteiger partial charge is 0.495 e. The van der Waals surface area contributed by atoms with E-state index in [1.807, 2.05) is 0 Å². The van der Waals surface area contributed by atoms with E-state index in [-0.39, 0.29) is 34.4 Å². The molecule has 10 heteroatoms. The predicted molar refractivity (Wildman–Crippen MR) is 81.3 cm³/mol. The first-order valence-corrected chi connectivity index (χ1v) is 9.45. The van der Waals surface area contributed by atoms with Gasteiger partial charge in [0, 0.05) is 25.2 Å². The topological polar surface area (TPSA) is 111 Å². The van der Waals surface area contributed by atoms with Gasteiger partial charge in [-0.05, 0) is 0 Å². The first-order chi connectivity index (χ1) is 10.2. The second kappa shape index (κ2) is 7.27. The molecule has 8 nitrogen and oxygen atoms in total. The third kappa shape index (κ3) is 3.88. The first-order valence-electron chi connectivity index (χ1n) is 6.48. The highest BCUT2D eigenvalue weighted by atomic mass is 32.2. The van der Waals surface area contributed by atoms with E-state index < -0.39 is 20.0 Å². The third-order valence-electron chi connectivity index (χ3n) is 2.70. The zero-order chi connectivity index (χ0) is 17.0. The molecular weight excluding hydrogens is 332 g/mol. The van der Waals surface area contributed by atoms with Crippen LogP contribution in [0.15, 0.2) is 21.9 Å². The molecule has 1 rings (SSSR count). The van der Waals surface area contributed by atoms with Crippen LogP contribution in [-0.4, -0.2) is 44.1 Å². The number of ether oxygens (including phenoxy) is 2. The molecule has 0 saturated heterocycles. The quantitative estimate of drug-likeness (QED) is 0.696. The van der Waals surface area contributed by atoms with Gasteiger partial charge in [-0.1, -0.05) is 13.8 Å². The highest BCUT2D eigenvalue weighted by molar-refractivity contribution is 7.90. The molecule has 0 bridgehead atoms. The van der Waals surface area contributed by atoms with Gasteiger partial charge in [0.25, 0.3) is 0 Å². The number of benzene rings is 1. The minimum absolute atomic E-state index is 0.0850. The van der Waals surface area contributed by atoms with Crippen LogP contribution in [-0.2, 0) is 20.0 Å². The van der Waals surface area contributed by atoms with Gasteiger partial charge in [-0.2, -0.15) is 0 Å². The average molecular weight is 352 g/mol. The maximum absolute atomic E-state index is 12.2. The lowest BCUT2D eigenvalue weighted by atomic mass is 10.3. The molecule has 0 radical (unpaired) electrons. The van der Waals surface area contributed by atoms with Crippen LogP contribution in [0.3, 0.4) is 0 Å². The van der Waals surface area contributed by atoms with Gasteiger partial charge in [0.05, 0.1) is 14.2 Å². The highest BCUT2D eigenvalue weighted by Gasteiger charge is 2.26. The zero-order valence-corrected chi connectivity index (χ0v) is 14.5. The Bertz CT molecular complexity index is 664. The summed E-state index contributed by atoms with van der Waals surface area (Å²) in [5.74, 6) is -0.170. The molecule has 0 amide bonds. The van der Waals surface area contributed by atoms with E-state index in [1.54, 1.807) is 13.8 Å². The van der Waals surface area contributed by atoms with Crippen LogP contribution >= 0.6 is 0 Å². The van der Waals surface area contributed by atoms with Gasteiger partial charge in [-0.15, -0.1) is 0 Å². The number of sulfonamides is 2. The first kappa shape index (κ1) is 18.7. The van der Waals surface area contributed by atoms with E-state index in [9.17, 15) is 16.8 Å². The molecule has 0 atom stereocenters. The Morgan fingerprint density at radius 3 is 1.36 bits per heavy atom. The Hall–Kier alpha value is -1.36. The van der Waals surface area contributed by atoms with Gasteiger partial charge in [0.15, 0.2) is 0 Å². The molecule has 0 aromatic heterocycles. The standard InChI is InChI=1S/C12H20N2O6S2/c1-5-13-21(15,16)11-7-10(20-4)12(8-9(11)19-3)22(17,18)14-6-2/h7-8,13-14H,5-6H2,1-4H3. The average Bonchev–Trinajstić information content (AvgIpc) is 2.45. The minimum Gasteiger partial charge on any atom is -0.495 e. The maximum Gasteiger partial charge on any atom is 0.244 e. The van der Waals surface area contributed by atoms with Crippen molar-refractivity contribution in [2.45, 2.75) is 23.6 Å². The number of hydrogen-bond donors (Lipinski definition) is 2. The summed E-state index contributed by atoms with van der Waals surface area (Å²) < 4.78 is 63.3. The fourth-order valence-corrected chi connectivity index (χ4v) is 4.21. The van der Waals surface area contributed by atoms with Gasteiger partial charge in [-0.3, -0.25) is 0 Å². The molecule has 0 fully saturated rings. The van der Waals surface area contributed by atoms with Crippen molar-refractivity contribution >= 4 is 20.0 Å². The van der Waals surface area contributed by atoms with Crippen LogP contribution in [0.5, 0.6) is 11.5 Å². The van der Waals surface area contributed by atoms with E-state index in [1.165, 1.54) is 14.2 Å². The molecule has 1 aromatic carbocycles. The van der Waals surface area contributed by atoms with Crippen molar-refractivity contribution in [1.29, 1.82) is 0 Å². The van der Waals surface area contributed by atoms with Crippen molar-refractivity contribution in [3.63, 3.8) is 0 Å². The summed E-state index contributed by atoms with van der Waals surface area (Å²) in [6.45, 7) is 3.63. The summed E-state index contributed by atoms with van der Waals surface area (Å²) in [4.78, 5) is -0.381. The van der Waals surface area contributed by atoms with E-state index in [0.717, 1.165) is 12.1 Å². The van der Waals surface area contributed by atoms with Crippen molar-refractivity contribution in [1.82, 2.24) is 9.44 Å². The fourth-order valence-electron chi connectivity index (χ4n) is 1.80. The fraction of sp³-hybridized carbons (Fsp3) is 0.500. The summed E-state index contributed by atoms with van der Waals surface area (Å²) >= 11 is 0. The Kier molecular flexibility index (Phi) is 6.17. The summed E-state index contributed by atoms with van der Waals surface area (Å²) in [5.41, 5.74) is 0. The van der Waals surface area contributed by atoms with E-state index >= 15 is 0 Å². The lowest BCUT2D eigenvalue weighted by Crippen LogP contribution is -2.26. The minimum atomic E-state index is -3.83. The van der Waals surface area contributed by atoms with Gasteiger partial charge in [-0.25, -0.2) is 26.3 Å². The van der Waals surface area contributed by atoms with Gasteiger partial charge in [0.2, 0.25) is 20.0 Å². The zero-order valence-electron chi connectivity index (χ0n) is 12.8. The lowest BCUT2D eigenvalue weighted by molar-refractivity contribution is 0.382. The molecule has 22 heavy (non-hydrogen) atoms. The summed E-state index contributed by atoms with van der Waals surface area (Å²) in [6.07, 6.45) is 0. The molecule has 0 heterocycles. The Morgan fingerprint density at radius 1 is 0.818 bits per heavy atom. The second-order valence-electron chi connectivity index (χ2n) is 4.16. The number of nitrogens with one attached hydrogen (secondary N) is 2. The van der Waals surface area contributed by atoms with Gasteiger partial charge >= 0.3 is 0 Å². The van der Waals surface area contributed by atoms with Crippen LogP contribution in [0, 0.1) is 0 Å². The molecule has 0 spiro atoms. The smallest absolute Gasteiger partial charge is 0.244 e. The van der Waals surface area contributed by atoms with Crippen LogP contribution in [0.2, 0.25) is 0 Å². The molecule has 0 aliphatic carbocycles. The molecule has 0 aliphatic heterocycles. The van der Waals surface area contributed by atoms with Crippen molar-refractivity contribution in [2.24, 2.45) is 0 Å². The Balaban J connectivity index is 3.62. The number of hydrogen-bond acceptors (Lipinski definition) is 6. The van der Waals surface area contributed by atoms with Gasteiger partial charge < -0.3 is 9.47 Å². The van der Waals surface area contributed by atoms with Crippen LogP contribution in [0.25, 0.3) is 0 Å². The van der Waals surface area contributed by atoms with E-state index in [4.69, 9.17) is 9.47 Å². The van der Waals surface area contributed by atoms with Crippen molar-refractivity contribution in [3.05, 3.63) is 12.1 Å². The predicted octanol–water partition coefficient (Wildman–Crippen LogP) is 0.300. The number of rotatable bonds is 8. The van der Waals surface area contributed by atoms with E-state index in [2.05, 4.69) is 9.44 Å². The molecule has 0 unspecified atom stereocenters. The summed E-state index contributed by atoms with van der Waals surface area (Å²) in [5, 5.41) is 0. The molecular formula is C12H20N2O6S2. The number of methoxy groups -OCH3 is 2. The van der Waals surface area contributed by atoms with Crippen LogP contribution in [0.4, 0.5) is 0 Å². The Morgan fingerprint density at radius 2 is 1.14 bits per heavy atom. The van der Waals surface area contributed by atoms with Gasteiger partial charge in [0.1, 0.15) is 21.3 Å². The molecule has 0 saturated carbocycles. The monoisotopic (exact) mass is 352 g/mol. The lowest BCUT2D eigenvalue weighted by Gasteiger charge is -2.15. The summed E-state index contributed by atoms with van der Waals surface area (Å²) in [6, 6.07) is 2.25. The molecule has 126 valence electrons. The maximum atomic E-state index is 12.2. The van der Waals surface area contributed by atoms with Crippen molar-refractivity contribution < 1.29 is 26.3 Å². The highest BCUT2D eigenvalue weighted by Crippen LogP contribution is 2.34. The Labute approximate surface area is 130 Å². The van der Waals surface area contributed by atoms with Crippen LogP contribution < -0.4 is 18.9 Å².